The molecule has 0 saturated heterocycles. The van der Waals surface area contributed by atoms with E-state index >= 15 is 0 Å². The third kappa shape index (κ3) is 1.82. The van der Waals surface area contributed by atoms with Crippen molar-refractivity contribution in [2.24, 2.45) is 10.8 Å². The number of rotatable bonds is 2. The molecular weight excluding hydrogens is 172 g/mol. The Morgan fingerprint density at radius 2 is 1.54 bits per heavy atom. The Morgan fingerprint density at radius 1 is 1.15 bits per heavy atom. The first-order valence-electron chi connectivity index (χ1n) is 3.99. The van der Waals surface area contributed by atoms with Crippen molar-refractivity contribution in [1.82, 2.24) is 0 Å². The maximum atomic E-state index is 11.3. The summed E-state index contributed by atoms with van der Waals surface area (Å²) in [6, 6.07) is 0. The highest BCUT2D eigenvalue weighted by Gasteiger charge is 2.52. The molecule has 1 unspecified atom stereocenters. The van der Waals surface area contributed by atoms with Gasteiger partial charge in [-0.15, -0.1) is 0 Å². The zero-order valence-corrected chi connectivity index (χ0v) is 8.67. The first-order valence-corrected chi connectivity index (χ1v) is 3.99. The van der Waals surface area contributed by atoms with Gasteiger partial charge in [0.2, 0.25) is 0 Å². The summed E-state index contributed by atoms with van der Waals surface area (Å²) in [6.07, 6.45) is 0. The first-order chi connectivity index (χ1) is 5.67. The van der Waals surface area contributed by atoms with Crippen molar-refractivity contribution in [2.45, 2.75) is 27.7 Å². The smallest absolute Gasteiger partial charge is 0.323 e. The van der Waals surface area contributed by atoms with Gasteiger partial charge < -0.3 is 9.84 Å². The Kier molecular flexibility index (Phi) is 3.08. The number of methoxy groups -OCH3 is 1. The van der Waals surface area contributed by atoms with Gasteiger partial charge in [0.15, 0.2) is 5.41 Å². The molecule has 0 heterocycles. The molecule has 0 rings (SSSR count). The number of esters is 1. The highest BCUT2D eigenvalue weighted by Crippen LogP contribution is 2.39. The van der Waals surface area contributed by atoms with Gasteiger partial charge >= 0.3 is 11.9 Å². The number of carboxylic acid groups (broad SMARTS) is 1. The second-order valence-electron chi connectivity index (χ2n) is 4.17. The maximum absolute atomic E-state index is 11.3. The molecule has 0 aliphatic heterocycles. The number of aliphatic carboxylic acids is 1. The molecule has 1 N–H and O–H groups in total. The summed E-state index contributed by atoms with van der Waals surface area (Å²) in [5.41, 5.74) is -2.17. The van der Waals surface area contributed by atoms with E-state index in [4.69, 9.17) is 5.11 Å². The lowest BCUT2D eigenvalue weighted by molar-refractivity contribution is -0.173. The van der Waals surface area contributed by atoms with Crippen LogP contribution in [-0.2, 0) is 14.3 Å². The highest BCUT2D eigenvalue weighted by molar-refractivity contribution is 5.99. The van der Waals surface area contributed by atoms with Crippen LogP contribution in [0, 0.1) is 10.8 Å². The van der Waals surface area contributed by atoms with Gasteiger partial charge in [0, 0.05) is 0 Å². The molecule has 0 radical (unpaired) electrons. The van der Waals surface area contributed by atoms with Crippen molar-refractivity contribution in [3.63, 3.8) is 0 Å². The number of carbonyl (C=O) groups excluding carboxylic acids is 1. The minimum absolute atomic E-state index is 0.675. The average Bonchev–Trinajstić information content (AvgIpc) is 1.98. The van der Waals surface area contributed by atoms with Crippen molar-refractivity contribution in [1.29, 1.82) is 0 Å². The van der Waals surface area contributed by atoms with Gasteiger partial charge in [0.1, 0.15) is 0 Å². The molecule has 0 bridgehead atoms. The normalized spacial score (nSPS) is 16.1. The van der Waals surface area contributed by atoms with Crippen LogP contribution in [0.2, 0.25) is 0 Å². The summed E-state index contributed by atoms with van der Waals surface area (Å²) in [5.74, 6) is -1.88. The standard InChI is InChI=1S/C9H16O4/c1-8(2,3)9(4,6(10)11)7(12)13-5/h1-5H3,(H,10,11). The third-order valence-corrected chi connectivity index (χ3v) is 2.52. The molecule has 0 fully saturated rings. The minimum atomic E-state index is -1.50. The van der Waals surface area contributed by atoms with Crippen molar-refractivity contribution in [3.8, 4) is 0 Å². The van der Waals surface area contributed by atoms with Gasteiger partial charge in [-0.25, -0.2) is 0 Å². The van der Waals surface area contributed by atoms with Gasteiger partial charge in [0.05, 0.1) is 7.11 Å². The number of carbonyl (C=O) groups is 2. The largest absolute Gasteiger partial charge is 0.480 e. The van der Waals surface area contributed by atoms with Gasteiger partial charge in [-0.05, 0) is 12.3 Å². The molecule has 1 atom stereocenters. The fraction of sp³-hybridized carbons (Fsp3) is 0.778. The maximum Gasteiger partial charge on any atom is 0.323 e. The van der Waals surface area contributed by atoms with Gasteiger partial charge in [-0.1, -0.05) is 20.8 Å². The molecule has 0 spiro atoms. The van der Waals surface area contributed by atoms with Crippen LogP contribution in [0.5, 0.6) is 0 Å². The quantitative estimate of drug-likeness (QED) is 0.524. The van der Waals surface area contributed by atoms with Crippen LogP contribution in [-0.4, -0.2) is 24.2 Å². The number of ether oxygens (including phenoxy) is 1. The molecule has 0 aromatic heterocycles. The number of carboxylic acids is 1. The molecule has 0 aromatic carbocycles. The van der Waals surface area contributed by atoms with Crippen LogP contribution in [0.1, 0.15) is 27.7 Å². The molecule has 0 aromatic rings. The molecule has 4 heteroatoms. The Morgan fingerprint density at radius 3 is 1.62 bits per heavy atom. The van der Waals surface area contributed by atoms with E-state index in [1.807, 2.05) is 0 Å². The van der Waals surface area contributed by atoms with E-state index in [2.05, 4.69) is 4.74 Å². The summed E-state index contributed by atoms with van der Waals surface area (Å²) in [5, 5.41) is 8.97. The summed E-state index contributed by atoms with van der Waals surface area (Å²) in [7, 11) is 1.19. The third-order valence-electron chi connectivity index (χ3n) is 2.52. The van der Waals surface area contributed by atoms with Gasteiger partial charge in [0.25, 0.3) is 0 Å². The predicted octanol–water partition coefficient (Wildman–Crippen LogP) is 1.30. The lowest BCUT2D eigenvalue weighted by atomic mass is 9.68. The first kappa shape index (κ1) is 11.9. The molecule has 0 saturated carbocycles. The predicted molar refractivity (Wildman–Crippen MR) is 47.2 cm³/mol. The van der Waals surface area contributed by atoms with Crippen molar-refractivity contribution in [3.05, 3.63) is 0 Å². The molecule has 13 heavy (non-hydrogen) atoms. The van der Waals surface area contributed by atoms with Crippen LogP contribution < -0.4 is 0 Å². The topological polar surface area (TPSA) is 63.6 Å². The van der Waals surface area contributed by atoms with Gasteiger partial charge in [-0.2, -0.15) is 0 Å². The van der Waals surface area contributed by atoms with E-state index in [1.54, 1.807) is 20.8 Å². The van der Waals surface area contributed by atoms with E-state index in [1.165, 1.54) is 14.0 Å². The summed E-state index contributed by atoms with van der Waals surface area (Å²) < 4.78 is 4.48. The molecule has 0 amide bonds. The summed E-state index contributed by atoms with van der Waals surface area (Å²) in [6.45, 7) is 6.45. The molecule has 4 nitrogen and oxygen atoms in total. The van der Waals surface area contributed by atoms with E-state index in [9.17, 15) is 9.59 Å². The highest BCUT2D eigenvalue weighted by atomic mass is 16.5. The molecular formula is C9H16O4. The van der Waals surface area contributed by atoms with Crippen LogP contribution in [0.3, 0.4) is 0 Å². The molecule has 0 aliphatic carbocycles. The van der Waals surface area contributed by atoms with Crippen LogP contribution >= 0.6 is 0 Å². The summed E-state index contributed by atoms with van der Waals surface area (Å²) in [4.78, 5) is 22.3. The van der Waals surface area contributed by atoms with Crippen molar-refractivity contribution < 1.29 is 19.4 Å². The molecule has 0 aliphatic rings. The second kappa shape index (κ2) is 3.36. The zero-order chi connectivity index (χ0) is 10.9. The van der Waals surface area contributed by atoms with E-state index < -0.39 is 22.8 Å². The average molecular weight is 188 g/mol. The van der Waals surface area contributed by atoms with Crippen molar-refractivity contribution in [2.75, 3.05) is 7.11 Å². The molecule has 76 valence electrons. The monoisotopic (exact) mass is 188 g/mol. The van der Waals surface area contributed by atoms with E-state index in [0.29, 0.717) is 0 Å². The Labute approximate surface area is 77.9 Å². The Hall–Kier alpha value is -1.06. The number of hydrogen-bond donors (Lipinski definition) is 1. The summed E-state index contributed by atoms with van der Waals surface area (Å²) >= 11 is 0. The lowest BCUT2D eigenvalue weighted by Crippen LogP contribution is -2.47. The minimum Gasteiger partial charge on any atom is -0.480 e. The fourth-order valence-corrected chi connectivity index (χ4v) is 0.918. The second-order valence-corrected chi connectivity index (χ2v) is 4.17. The Bertz CT molecular complexity index is 226. The van der Waals surface area contributed by atoms with Gasteiger partial charge in [-0.3, -0.25) is 9.59 Å². The zero-order valence-electron chi connectivity index (χ0n) is 8.67. The van der Waals surface area contributed by atoms with Crippen LogP contribution in [0.15, 0.2) is 0 Å². The van der Waals surface area contributed by atoms with E-state index in [0.717, 1.165) is 0 Å². The van der Waals surface area contributed by atoms with Crippen molar-refractivity contribution >= 4 is 11.9 Å². The van der Waals surface area contributed by atoms with Crippen LogP contribution in [0.25, 0.3) is 0 Å². The van der Waals surface area contributed by atoms with Crippen LogP contribution in [0.4, 0.5) is 0 Å². The van der Waals surface area contributed by atoms with E-state index in [-0.39, 0.29) is 0 Å². The lowest BCUT2D eigenvalue weighted by Gasteiger charge is -2.34. The number of hydrogen-bond acceptors (Lipinski definition) is 3. The fourth-order valence-electron chi connectivity index (χ4n) is 0.918. The Balaban J connectivity index is 5.20. The SMILES string of the molecule is COC(=O)C(C)(C(=O)O)C(C)(C)C.